The summed E-state index contributed by atoms with van der Waals surface area (Å²) in [5.74, 6) is 1.23. The Balaban J connectivity index is 1.92. The molecule has 3 heteroatoms. The highest BCUT2D eigenvalue weighted by atomic mass is 16.6. The smallest absolute Gasteiger partial charge is 0.374 e. The van der Waals surface area contributed by atoms with Crippen LogP contribution < -0.4 is 0 Å². The van der Waals surface area contributed by atoms with E-state index in [1.807, 2.05) is 0 Å². The quantitative estimate of drug-likeness (QED) is 0.721. The van der Waals surface area contributed by atoms with E-state index in [1.165, 1.54) is 12.7 Å². The van der Waals surface area contributed by atoms with Gasteiger partial charge in [0.1, 0.15) is 6.10 Å². The maximum atomic E-state index is 11.7. The van der Waals surface area contributed by atoms with Crippen LogP contribution in [0.3, 0.4) is 0 Å². The van der Waals surface area contributed by atoms with Gasteiger partial charge in [-0.25, -0.2) is 4.79 Å². The fourth-order valence-electron chi connectivity index (χ4n) is 2.57. The van der Waals surface area contributed by atoms with Crippen molar-refractivity contribution in [2.45, 2.75) is 39.2 Å². The zero-order chi connectivity index (χ0) is 11.5. The SMILES string of the molecule is CC1CC(C)CC(OC(=O)c2ccco2)C1. The van der Waals surface area contributed by atoms with Gasteiger partial charge in [0.15, 0.2) is 0 Å². The van der Waals surface area contributed by atoms with Crippen LogP contribution in [0.1, 0.15) is 43.7 Å². The summed E-state index contributed by atoms with van der Waals surface area (Å²) >= 11 is 0. The number of rotatable bonds is 2. The highest BCUT2D eigenvalue weighted by Gasteiger charge is 2.27. The average molecular weight is 222 g/mol. The monoisotopic (exact) mass is 222 g/mol. The Morgan fingerprint density at radius 3 is 2.56 bits per heavy atom. The molecule has 1 heterocycles. The maximum Gasteiger partial charge on any atom is 0.374 e. The summed E-state index contributed by atoms with van der Waals surface area (Å²) in [7, 11) is 0. The van der Waals surface area contributed by atoms with E-state index in [9.17, 15) is 4.79 Å². The Kier molecular flexibility index (Phi) is 3.32. The highest BCUT2D eigenvalue weighted by Crippen LogP contribution is 2.30. The minimum atomic E-state index is -0.337. The molecule has 1 aliphatic carbocycles. The Morgan fingerprint density at radius 2 is 2.00 bits per heavy atom. The number of furan rings is 1. The molecule has 0 aromatic carbocycles. The number of esters is 1. The summed E-state index contributed by atoms with van der Waals surface area (Å²) in [5.41, 5.74) is 0. The normalized spacial score (nSPS) is 30.0. The molecule has 1 fully saturated rings. The second-order valence-corrected chi connectivity index (χ2v) is 4.92. The van der Waals surface area contributed by atoms with Crippen LogP contribution in [0, 0.1) is 11.8 Å². The molecule has 88 valence electrons. The number of hydrogen-bond acceptors (Lipinski definition) is 3. The van der Waals surface area contributed by atoms with Crippen LogP contribution in [-0.2, 0) is 4.74 Å². The molecular formula is C13H18O3. The number of carbonyl (C=O) groups excluding carboxylic acids is 1. The Hall–Kier alpha value is -1.25. The third-order valence-electron chi connectivity index (χ3n) is 3.13. The number of carbonyl (C=O) groups is 1. The van der Waals surface area contributed by atoms with E-state index >= 15 is 0 Å². The lowest BCUT2D eigenvalue weighted by molar-refractivity contribution is 0.00500. The first kappa shape index (κ1) is 11.2. The second kappa shape index (κ2) is 4.73. The van der Waals surface area contributed by atoms with Gasteiger partial charge in [0.25, 0.3) is 0 Å². The van der Waals surface area contributed by atoms with E-state index in [-0.39, 0.29) is 12.1 Å². The van der Waals surface area contributed by atoms with Crippen molar-refractivity contribution in [1.29, 1.82) is 0 Å². The fraction of sp³-hybridized carbons (Fsp3) is 0.615. The van der Waals surface area contributed by atoms with Gasteiger partial charge in [-0.2, -0.15) is 0 Å². The first-order valence-electron chi connectivity index (χ1n) is 5.89. The first-order valence-corrected chi connectivity index (χ1v) is 5.89. The average Bonchev–Trinajstić information content (AvgIpc) is 2.68. The predicted molar refractivity (Wildman–Crippen MR) is 60.1 cm³/mol. The zero-order valence-corrected chi connectivity index (χ0v) is 9.81. The van der Waals surface area contributed by atoms with E-state index < -0.39 is 0 Å². The Bertz CT molecular complexity index is 332. The van der Waals surface area contributed by atoms with Crippen LogP contribution in [-0.4, -0.2) is 12.1 Å². The largest absolute Gasteiger partial charge is 0.457 e. The van der Waals surface area contributed by atoms with Gasteiger partial charge in [-0.15, -0.1) is 0 Å². The third-order valence-corrected chi connectivity index (χ3v) is 3.13. The zero-order valence-electron chi connectivity index (χ0n) is 9.81. The molecule has 2 rings (SSSR count). The lowest BCUT2D eigenvalue weighted by Gasteiger charge is -2.30. The molecule has 0 bridgehead atoms. The van der Waals surface area contributed by atoms with Gasteiger partial charge >= 0.3 is 5.97 Å². The summed E-state index contributed by atoms with van der Waals surface area (Å²) in [6.45, 7) is 4.42. The fourth-order valence-corrected chi connectivity index (χ4v) is 2.57. The molecular weight excluding hydrogens is 204 g/mol. The van der Waals surface area contributed by atoms with E-state index in [2.05, 4.69) is 13.8 Å². The van der Waals surface area contributed by atoms with Crippen LogP contribution >= 0.6 is 0 Å². The standard InChI is InChI=1S/C13H18O3/c1-9-6-10(2)8-11(7-9)16-13(14)12-4-3-5-15-12/h3-5,9-11H,6-8H2,1-2H3. The molecule has 2 atom stereocenters. The minimum absolute atomic E-state index is 0.0522. The maximum absolute atomic E-state index is 11.7. The molecule has 1 aliphatic rings. The van der Waals surface area contributed by atoms with E-state index in [0.717, 1.165) is 12.8 Å². The van der Waals surface area contributed by atoms with E-state index in [4.69, 9.17) is 9.15 Å². The molecule has 1 aromatic heterocycles. The van der Waals surface area contributed by atoms with Gasteiger partial charge in [-0.1, -0.05) is 13.8 Å². The predicted octanol–water partition coefficient (Wildman–Crippen LogP) is 3.26. The second-order valence-electron chi connectivity index (χ2n) is 4.92. The van der Waals surface area contributed by atoms with Crippen molar-refractivity contribution in [2.24, 2.45) is 11.8 Å². The highest BCUT2D eigenvalue weighted by molar-refractivity contribution is 5.86. The van der Waals surface area contributed by atoms with Crippen molar-refractivity contribution in [1.82, 2.24) is 0 Å². The minimum Gasteiger partial charge on any atom is -0.457 e. The summed E-state index contributed by atoms with van der Waals surface area (Å²) < 4.78 is 10.5. The third kappa shape index (κ3) is 2.65. The van der Waals surface area contributed by atoms with E-state index in [1.54, 1.807) is 12.1 Å². The van der Waals surface area contributed by atoms with Gasteiger partial charge in [0.05, 0.1) is 6.26 Å². The molecule has 0 spiro atoms. The molecule has 2 unspecified atom stereocenters. The lowest BCUT2D eigenvalue weighted by Crippen LogP contribution is -2.28. The molecule has 1 aromatic rings. The van der Waals surface area contributed by atoms with Gasteiger partial charge in [-0.3, -0.25) is 0 Å². The van der Waals surface area contributed by atoms with Crippen molar-refractivity contribution in [3.8, 4) is 0 Å². The molecule has 3 nitrogen and oxygen atoms in total. The van der Waals surface area contributed by atoms with Gasteiger partial charge < -0.3 is 9.15 Å². The van der Waals surface area contributed by atoms with Crippen molar-refractivity contribution in [3.63, 3.8) is 0 Å². The Morgan fingerprint density at radius 1 is 1.31 bits per heavy atom. The van der Waals surface area contributed by atoms with Crippen molar-refractivity contribution >= 4 is 5.97 Å². The first-order chi connectivity index (χ1) is 7.65. The van der Waals surface area contributed by atoms with Crippen molar-refractivity contribution in [3.05, 3.63) is 24.2 Å². The van der Waals surface area contributed by atoms with Crippen LogP contribution in [0.2, 0.25) is 0 Å². The molecule has 1 saturated carbocycles. The lowest BCUT2D eigenvalue weighted by atomic mass is 9.82. The van der Waals surface area contributed by atoms with Crippen LogP contribution in [0.25, 0.3) is 0 Å². The summed E-state index contributed by atoms with van der Waals surface area (Å²) in [4.78, 5) is 11.7. The number of hydrogen-bond donors (Lipinski definition) is 0. The molecule has 0 N–H and O–H groups in total. The molecule has 16 heavy (non-hydrogen) atoms. The van der Waals surface area contributed by atoms with Crippen molar-refractivity contribution < 1.29 is 13.9 Å². The van der Waals surface area contributed by atoms with Crippen LogP contribution in [0.5, 0.6) is 0 Å². The molecule has 0 amide bonds. The molecule has 0 saturated heterocycles. The number of ether oxygens (including phenoxy) is 1. The molecule has 0 aliphatic heterocycles. The summed E-state index contributed by atoms with van der Waals surface area (Å²) in [5, 5.41) is 0. The Labute approximate surface area is 95.8 Å². The van der Waals surface area contributed by atoms with Gasteiger partial charge in [-0.05, 0) is 43.2 Å². The van der Waals surface area contributed by atoms with Gasteiger partial charge in [0.2, 0.25) is 5.76 Å². The van der Waals surface area contributed by atoms with E-state index in [0.29, 0.717) is 17.6 Å². The van der Waals surface area contributed by atoms with Crippen LogP contribution in [0.15, 0.2) is 22.8 Å². The van der Waals surface area contributed by atoms with Gasteiger partial charge in [0, 0.05) is 0 Å². The van der Waals surface area contributed by atoms with Crippen LogP contribution in [0.4, 0.5) is 0 Å². The molecule has 0 radical (unpaired) electrons. The van der Waals surface area contributed by atoms with Crippen molar-refractivity contribution in [2.75, 3.05) is 0 Å². The summed E-state index contributed by atoms with van der Waals surface area (Å²) in [6, 6.07) is 3.33. The topological polar surface area (TPSA) is 39.4 Å². The summed E-state index contributed by atoms with van der Waals surface area (Å²) in [6.07, 6.45) is 4.71.